The molecule has 0 amide bonds. The first-order chi connectivity index (χ1) is 17.4. The number of carbonyl (C=O) groups excluding carboxylic acids is 1. The Labute approximate surface area is 211 Å². The molecule has 0 spiro atoms. The average Bonchev–Trinajstić information content (AvgIpc) is 3.14. The number of hydrogen-bond acceptors (Lipinski definition) is 8. The number of benzene rings is 2. The van der Waals surface area contributed by atoms with Gasteiger partial charge in [0.25, 0.3) is 0 Å². The van der Waals surface area contributed by atoms with Crippen molar-refractivity contribution in [3.8, 4) is 28.8 Å². The summed E-state index contributed by atoms with van der Waals surface area (Å²) in [6.45, 7) is 6.06. The highest BCUT2D eigenvalue weighted by Gasteiger charge is 2.28. The fourth-order valence-corrected chi connectivity index (χ4v) is 3.77. The van der Waals surface area contributed by atoms with Crippen molar-refractivity contribution < 1.29 is 14.6 Å². The molecule has 0 bridgehead atoms. The van der Waals surface area contributed by atoms with Crippen LogP contribution < -0.4 is 21.9 Å². The fourth-order valence-electron chi connectivity index (χ4n) is 3.77. The molecule has 1 aromatic heterocycles. The highest BCUT2D eigenvalue weighted by molar-refractivity contribution is 5.96. The third kappa shape index (κ3) is 6.64. The topological polar surface area (TPSA) is 166 Å². The van der Waals surface area contributed by atoms with Gasteiger partial charge in [0.1, 0.15) is 24.4 Å². The molecule has 0 unspecified atom stereocenters. The summed E-state index contributed by atoms with van der Waals surface area (Å²) in [6, 6.07) is 13.8. The molecule has 9 nitrogen and oxygen atoms in total. The van der Waals surface area contributed by atoms with Crippen molar-refractivity contribution in [3.63, 3.8) is 0 Å². The van der Waals surface area contributed by atoms with E-state index in [1.807, 2.05) is 38.8 Å². The second-order valence-corrected chi connectivity index (χ2v) is 8.48. The van der Waals surface area contributed by atoms with E-state index in [9.17, 15) is 10.4 Å². The fraction of sp³-hybridized carbons (Fsp3) is 0.296. The molecule has 0 aliphatic heterocycles. The Kier molecular flexibility index (Phi) is 10.5. The lowest BCUT2D eigenvalue weighted by atomic mass is 9.92. The summed E-state index contributed by atoms with van der Waals surface area (Å²) in [5.74, 6) is 0.708. The number of aliphatic imine (C=N–C) groups is 1. The molecule has 0 atom stereocenters. The zero-order valence-electron chi connectivity index (χ0n) is 20.7. The van der Waals surface area contributed by atoms with Gasteiger partial charge in [-0.1, -0.05) is 13.8 Å². The van der Waals surface area contributed by atoms with Crippen molar-refractivity contribution in [1.82, 2.24) is 4.57 Å². The van der Waals surface area contributed by atoms with Crippen molar-refractivity contribution in [1.29, 1.82) is 5.26 Å². The van der Waals surface area contributed by atoms with Gasteiger partial charge in [0.2, 0.25) is 0 Å². The normalized spacial score (nSPS) is 13.1. The lowest BCUT2D eigenvalue weighted by Gasteiger charge is -2.30. The van der Waals surface area contributed by atoms with E-state index >= 15 is 0 Å². The van der Waals surface area contributed by atoms with Crippen LogP contribution in [0.2, 0.25) is 0 Å². The Morgan fingerprint density at radius 2 is 1.97 bits per heavy atom. The summed E-state index contributed by atoms with van der Waals surface area (Å²) in [5.41, 5.74) is 19.8. The molecule has 1 saturated carbocycles. The van der Waals surface area contributed by atoms with Crippen LogP contribution in [0.5, 0.6) is 11.5 Å². The predicted octanol–water partition coefficient (Wildman–Crippen LogP) is 4.24. The molecule has 2 aromatic carbocycles. The molecule has 1 aliphatic carbocycles. The van der Waals surface area contributed by atoms with E-state index in [1.165, 1.54) is 6.20 Å². The zero-order chi connectivity index (χ0) is 26.7. The van der Waals surface area contributed by atoms with Gasteiger partial charge >= 0.3 is 0 Å². The second-order valence-electron chi connectivity index (χ2n) is 8.48. The molecule has 0 saturated heterocycles. The zero-order valence-corrected chi connectivity index (χ0v) is 20.7. The van der Waals surface area contributed by atoms with E-state index in [4.69, 9.17) is 26.7 Å². The van der Waals surface area contributed by atoms with Crippen LogP contribution in [0, 0.1) is 11.3 Å². The monoisotopic (exact) mass is 490 g/mol. The Morgan fingerprint density at radius 1 is 1.28 bits per heavy atom. The highest BCUT2D eigenvalue weighted by atomic mass is 16.5. The quantitative estimate of drug-likeness (QED) is 0.228. The molecule has 9 heteroatoms. The van der Waals surface area contributed by atoms with E-state index in [2.05, 4.69) is 15.6 Å². The van der Waals surface area contributed by atoms with Crippen LogP contribution in [-0.4, -0.2) is 35.4 Å². The number of nitrogens with two attached hydrogens (primary N) is 3. The van der Waals surface area contributed by atoms with Gasteiger partial charge in [0.05, 0.1) is 22.5 Å². The maximum absolute atomic E-state index is 9.97. The molecule has 190 valence electrons. The van der Waals surface area contributed by atoms with Gasteiger partial charge in [0.15, 0.2) is 6.73 Å². The Balaban J connectivity index is 0.000000694. The molecule has 1 fully saturated rings. The first kappa shape index (κ1) is 28.0. The first-order valence-corrected chi connectivity index (χ1v) is 11.6. The predicted molar refractivity (Wildman–Crippen MR) is 145 cm³/mol. The largest absolute Gasteiger partial charge is 0.506 e. The van der Waals surface area contributed by atoms with Crippen LogP contribution in [0.25, 0.3) is 22.2 Å². The Bertz CT molecular complexity index is 1250. The number of anilines is 1. The third-order valence-corrected chi connectivity index (χ3v) is 5.44. The van der Waals surface area contributed by atoms with Crippen LogP contribution in [-0.2, 0) is 4.79 Å². The molecule has 3 aromatic rings. The molecule has 1 heterocycles. The van der Waals surface area contributed by atoms with Crippen molar-refractivity contribution in [2.24, 2.45) is 16.5 Å². The SMILES string of the molecule is C=O.CC(C)N.N#Cc1c(-c2ccc(O)c(N)c2)n(C2CCC2)c2cc(OC/N=C\C=C/N)ccc12. The maximum Gasteiger partial charge on any atom is 0.179 e. The van der Waals surface area contributed by atoms with Crippen molar-refractivity contribution in [2.45, 2.75) is 45.2 Å². The summed E-state index contributed by atoms with van der Waals surface area (Å²) < 4.78 is 7.97. The number of carbonyl (C=O) groups is 1. The summed E-state index contributed by atoms with van der Waals surface area (Å²) in [7, 11) is 0. The maximum atomic E-state index is 9.97. The van der Waals surface area contributed by atoms with Crippen molar-refractivity contribution in [3.05, 3.63) is 54.2 Å². The second kappa shape index (κ2) is 13.6. The number of hydrogen-bond donors (Lipinski definition) is 4. The summed E-state index contributed by atoms with van der Waals surface area (Å²) >= 11 is 0. The van der Waals surface area contributed by atoms with Crippen LogP contribution in [0.1, 0.15) is 44.7 Å². The standard InChI is InChI=1S/C23H23N5O2.C3H9N.CH2O/c24-9-2-10-27-14-30-17-6-7-18-19(13-25)23(15-5-8-22(29)20(26)11-15)28(21(18)12-17)16-3-1-4-16;1-3(2)4;1-2/h2,5-12,16,29H,1,3-4,14,24,26H2;3H,4H2,1-2H3;1H2/b9-2-,27-10-;;. The smallest absolute Gasteiger partial charge is 0.179 e. The lowest BCUT2D eigenvalue weighted by molar-refractivity contribution is -0.0980. The lowest BCUT2D eigenvalue weighted by Crippen LogP contribution is -2.17. The minimum atomic E-state index is 0.0317. The number of phenols is 1. The number of nitriles is 1. The number of aromatic nitrogens is 1. The van der Waals surface area contributed by atoms with Gasteiger partial charge in [-0.05, 0) is 67.9 Å². The molecule has 4 rings (SSSR count). The van der Waals surface area contributed by atoms with Gasteiger partial charge in [-0.2, -0.15) is 5.26 Å². The Hall–Kier alpha value is -4.29. The third-order valence-electron chi connectivity index (χ3n) is 5.44. The summed E-state index contributed by atoms with van der Waals surface area (Å²) in [5, 5.41) is 20.7. The molecule has 7 N–H and O–H groups in total. The van der Waals surface area contributed by atoms with Crippen LogP contribution in [0.3, 0.4) is 0 Å². The Morgan fingerprint density at radius 3 is 2.53 bits per heavy atom. The molecule has 36 heavy (non-hydrogen) atoms. The molecular weight excluding hydrogens is 456 g/mol. The van der Waals surface area contributed by atoms with E-state index in [0.717, 1.165) is 41.4 Å². The minimum absolute atomic E-state index is 0.0317. The van der Waals surface area contributed by atoms with Gasteiger partial charge in [-0.15, -0.1) is 0 Å². The van der Waals surface area contributed by atoms with Crippen LogP contribution in [0.4, 0.5) is 5.69 Å². The van der Waals surface area contributed by atoms with E-state index in [0.29, 0.717) is 23.4 Å². The van der Waals surface area contributed by atoms with Gasteiger partial charge < -0.3 is 36.4 Å². The number of phenolic OH excluding ortho intramolecular Hbond substituents is 1. The number of ether oxygens (including phenoxy) is 1. The van der Waals surface area contributed by atoms with Crippen LogP contribution >= 0.6 is 0 Å². The number of fused-ring (bicyclic) bond motifs is 1. The van der Waals surface area contributed by atoms with Gasteiger partial charge in [0, 0.05) is 29.3 Å². The van der Waals surface area contributed by atoms with Gasteiger partial charge in [-0.3, -0.25) is 4.99 Å². The summed E-state index contributed by atoms with van der Waals surface area (Å²) in [6.07, 6.45) is 7.87. The van der Waals surface area contributed by atoms with E-state index in [1.54, 1.807) is 30.5 Å². The summed E-state index contributed by atoms with van der Waals surface area (Å²) in [4.78, 5) is 12.1. The average molecular weight is 491 g/mol. The molecular formula is C27H34N6O3. The van der Waals surface area contributed by atoms with Crippen molar-refractivity contribution in [2.75, 3.05) is 12.5 Å². The van der Waals surface area contributed by atoms with Gasteiger partial charge in [-0.25, -0.2) is 0 Å². The number of nitrogens with zero attached hydrogens (tertiary/aromatic N) is 3. The number of aromatic hydroxyl groups is 1. The number of rotatable bonds is 6. The van der Waals surface area contributed by atoms with E-state index in [-0.39, 0.29) is 18.2 Å². The van der Waals surface area contributed by atoms with Crippen molar-refractivity contribution >= 4 is 29.6 Å². The molecule has 1 aliphatic rings. The van der Waals surface area contributed by atoms with E-state index < -0.39 is 0 Å². The number of nitrogen functional groups attached to an aromatic ring is 1. The minimum Gasteiger partial charge on any atom is -0.506 e. The highest BCUT2D eigenvalue weighted by Crippen LogP contribution is 2.44. The first-order valence-electron chi connectivity index (χ1n) is 11.6. The van der Waals surface area contributed by atoms with Crippen LogP contribution in [0.15, 0.2) is 53.7 Å². The number of allylic oxidation sites excluding steroid dienone is 1. The molecule has 0 radical (unpaired) electrons.